The lowest BCUT2D eigenvalue weighted by molar-refractivity contribution is 0.419. The van der Waals surface area contributed by atoms with E-state index in [2.05, 4.69) is 9.31 Å². The Kier molecular flexibility index (Phi) is 1.06. The van der Waals surface area contributed by atoms with Crippen molar-refractivity contribution in [2.75, 3.05) is 0 Å². The molecule has 0 amide bonds. The molecule has 0 bridgehead atoms. The molecule has 1 heterocycles. The molecule has 10 heavy (non-hydrogen) atoms. The number of hydrogen-bond donors (Lipinski definition) is 0. The summed E-state index contributed by atoms with van der Waals surface area (Å²) in [5.74, 6) is 0.935. The van der Waals surface area contributed by atoms with E-state index >= 15 is 0 Å². The maximum atomic E-state index is 12.3. The SMILES string of the molecule is FB1Oc2ccccc2O1. The van der Waals surface area contributed by atoms with Gasteiger partial charge in [-0.2, -0.15) is 0 Å². The lowest BCUT2D eigenvalue weighted by Crippen LogP contribution is -2.16. The molecule has 1 aromatic carbocycles. The molecular formula is C6H4BFO2. The van der Waals surface area contributed by atoms with Crippen molar-refractivity contribution < 1.29 is 13.6 Å². The van der Waals surface area contributed by atoms with Crippen LogP contribution in [0.4, 0.5) is 4.32 Å². The smallest absolute Gasteiger partial charge is 0.494 e. The molecule has 0 unspecified atom stereocenters. The van der Waals surface area contributed by atoms with Crippen LogP contribution in [-0.2, 0) is 0 Å². The van der Waals surface area contributed by atoms with E-state index in [0.29, 0.717) is 11.5 Å². The zero-order valence-corrected chi connectivity index (χ0v) is 5.08. The molecule has 0 radical (unpaired) electrons. The number of benzene rings is 1. The average Bonchev–Trinajstić information content (AvgIpc) is 2.27. The topological polar surface area (TPSA) is 18.5 Å². The van der Waals surface area contributed by atoms with Gasteiger partial charge in [-0.25, -0.2) is 4.32 Å². The summed E-state index contributed by atoms with van der Waals surface area (Å²) in [4.78, 5) is 0. The van der Waals surface area contributed by atoms with Gasteiger partial charge in [0.05, 0.1) is 0 Å². The van der Waals surface area contributed by atoms with Crippen molar-refractivity contribution in [2.45, 2.75) is 0 Å². The third kappa shape index (κ3) is 0.726. The molecule has 2 rings (SSSR count). The molecule has 50 valence electrons. The van der Waals surface area contributed by atoms with Crippen LogP contribution in [0.3, 0.4) is 0 Å². The number of fused-ring (bicyclic) bond motifs is 1. The Bertz CT molecular complexity index is 228. The number of hydrogen-bond acceptors (Lipinski definition) is 2. The van der Waals surface area contributed by atoms with Gasteiger partial charge in [-0.15, -0.1) is 0 Å². The van der Waals surface area contributed by atoms with Gasteiger partial charge < -0.3 is 9.31 Å². The van der Waals surface area contributed by atoms with Gasteiger partial charge in [-0.1, -0.05) is 12.1 Å². The Morgan fingerprint density at radius 3 is 2.10 bits per heavy atom. The van der Waals surface area contributed by atoms with Gasteiger partial charge in [0, 0.05) is 0 Å². The van der Waals surface area contributed by atoms with Crippen molar-refractivity contribution in [1.29, 1.82) is 0 Å². The molecule has 1 aliphatic heterocycles. The van der Waals surface area contributed by atoms with Crippen LogP contribution in [0.1, 0.15) is 0 Å². The van der Waals surface area contributed by atoms with Gasteiger partial charge in [0.1, 0.15) is 11.5 Å². The number of para-hydroxylation sites is 2. The zero-order chi connectivity index (χ0) is 6.97. The Morgan fingerprint density at radius 1 is 1.10 bits per heavy atom. The number of rotatable bonds is 0. The van der Waals surface area contributed by atoms with Gasteiger partial charge in [0.2, 0.25) is 0 Å². The molecule has 0 aromatic heterocycles. The first-order valence-electron chi connectivity index (χ1n) is 2.93. The summed E-state index contributed by atoms with van der Waals surface area (Å²) in [5, 5.41) is 0. The average molecular weight is 138 g/mol. The summed E-state index contributed by atoms with van der Waals surface area (Å²) in [6.07, 6.45) is 0. The van der Waals surface area contributed by atoms with Gasteiger partial charge in [-0.05, 0) is 12.1 Å². The van der Waals surface area contributed by atoms with Crippen LogP contribution in [-0.4, -0.2) is 7.40 Å². The first-order chi connectivity index (χ1) is 4.86. The van der Waals surface area contributed by atoms with E-state index in [1.54, 1.807) is 24.3 Å². The van der Waals surface area contributed by atoms with Gasteiger partial charge in [-0.3, -0.25) is 0 Å². The molecule has 1 aliphatic rings. The summed E-state index contributed by atoms with van der Waals surface area (Å²) < 4.78 is 21.5. The van der Waals surface area contributed by atoms with Crippen molar-refractivity contribution in [2.24, 2.45) is 0 Å². The molecule has 0 spiro atoms. The minimum Gasteiger partial charge on any atom is -0.494 e. The van der Waals surface area contributed by atoms with Crippen molar-refractivity contribution in [1.82, 2.24) is 0 Å². The maximum absolute atomic E-state index is 12.3. The second kappa shape index (κ2) is 1.90. The lowest BCUT2D eigenvalue weighted by atomic mass is 10.3. The fourth-order valence-corrected chi connectivity index (χ4v) is 0.869. The van der Waals surface area contributed by atoms with E-state index in [9.17, 15) is 4.32 Å². The predicted molar refractivity (Wildman–Crippen MR) is 34.6 cm³/mol. The quantitative estimate of drug-likeness (QED) is 0.504. The van der Waals surface area contributed by atoms with Crippen LogP contribution in [0.2, 0.25) is 0 Å². The minimum absolute atomic E-state index is 0.468. The van der Waals surface area contributed by atoms with E-state index in [1.807, 2.05) is 0 Å². The summed E-state index contributed by atoms with van der Waals surface area (Å²) in [5.41, 5.74) is 0. The highest BCUT2D eigenvalue weighted by Gasteiger charge is 2.32. The molecule has 4 heteroatoms. The van der Waals surface area contributed by atoms with Gasteiger partial charge >= 0.3 is 7.40 Å². The molecule has 0 N–H and O–H groups in total. The summed E-state index contributed by atoms with van der Waals surface area (Å²) in [6, 6.07) is 6.85. The van der Waals surface area contributed by atoms with Crippen LogP contribution in [0.15, 0.2) is 24.3 Å². The highest BCUT2D eigenvalue weighted by atomic mass is 19.1. The fraction of sp³-hybridized carbons (Fsp3) is 0. The third-order valence-electron chi connectivity index (χ3n) is 1.29. The highest BCUT2D eigenvalue weighted by Crippen LogP contribution is 2.32. The van der Waals surface area contributed by atoms with E-state index in [4.69, 9.17) is 0 Å². The second-order valence-corrected chi connectivity index (χ2v) is 1.96. The Morgan fingerprint density at radius 2 is 1.60 bits per heavy atom. The molecule has 0 atom stereocenters. The zero-order valence-electron chi connectivity index (χ0n) is 5.08. The first kappa shape index (κ1) is 5.59. The summed E-state index contributed by atoms with van der Waals surface area (Å²) in [7, 11) is -1.63. The normalized spacial score (nSPS) is 13.9. The van der Waals surface area contributed by atoms with Crippen LogP contribution in [0.25, 0.3) is 0 Å². The standard InChI is InChI=1S/C6H4BFO2/c8-7-9-5-3-1-2-4-6(5)10-7/h1-4H. The predicted octanol–water partition coefficient (Wildman–Crippen LogP) is 1.41. The molecule has 0 aliphatic carbocycles. The lowest BCUT2D eigenvalue weighted by Gasteiger charge is -1.91. The van der Waals surface area contributed by atoms with Crippen LogP contribution >= 0.6 is 0 Å². The molecule has 0 saturated carbocycles. The van der Waals surface area contributed by atoms with Gasteiger partial charge in [0.25, 0.3) is 0 Å². The highest BCUT2D eigenvalue weighted by molar-refractivity contribution is 6.39. The molecular weight excluding hydrogens is 134 g/mol. The second-order valence-electron chi connectivity index (χ2n) is 1.96. The summed E-state index contributed by atoms with van der Waals surface area (Å²) >= 11 is 0. The molecule has 2 nitrogen and oxygen atoms in total. The van der Waals surface area contributed by atoms with E-state index in [0.717, 1.165) is 0 Å². The monoisotopic (exact) mass is 138 g/mol. The van der Waals surface area contributed by atoms with Crippen molar-refractivity contribution in [3.8, 4) is 11.5 Å². The van der Waals surface area contributed by atoms with E-state index in [1.165, 1.54) is 0 Å². The number of halogens is 1. The fourth-order valence-electron chi connectivity index (χ4n) is 0.869. The van der Waals surface area contributed by atoms with E-state index in [-0.39, 0.29) is 0 Å². The van der Waals surface area contributed by atoms with Crippen molar-refractivity contribution >= 4 is 7.40 Å². The van der Waals surface area contributed by atoms with Crippen LogP contribution < -0.4 is 9.31 Å². The van der Waals surface area contributed by atoms with E-state index < -0.39 is 7.40 Å². The Balaban J connectivity index is 2.42. The van der Waals surface area contributed by atoms with Crippen molar-refractivity contribution in [3.63, 3.8) is 0 Å². The molecule has 0 fully saturated rings. The maximum Gasteiger partial charge on any atom is 0.830 e. The molecule has 1 aromatic rings. The Labute approximate surface area is 57.8 Å². The molecule has 0 saturated heterocycles. The minimum atomic E-state index is -1.63. The summed E-state index contributed by atoms with van der Waals surface area (Å²) in [6.45, 7) is 0. The van der Waals surface area contributed by atoms with Crippen LogP contribution in [0, 0.1) is 0 Å². The third-order valence-corrected chi connectivity index (χ3v) is 1.29. The van der Waals surface area contributed by atoms with Crippen LogP contribution in [0.5, 0.6) is 11.5 Å². The Hall–Kier alpha value is -1.19. The van der Waals surface area contributed by atoms with Gasteiger partial charge in [0.15, 0.2) is 0 Å². The largest absolute Gasteiger partial charge is 0.830 e. The van der Waals surface area contributed by atoms with Crippen molar-refractivity contribution in [3.05, 3.63) is 24.3 Å². The first-order valence-corrected chi connectivity index (χ1v) is 2.93.